The van der Waals surface area contributed by atoms with Crippen LogP contribution < -0.4 is 5.32 Å². The van der Waals surface area contributed by atoms with Crippen LogP contribution >= 0.6 is 11.3 Å². The van der Waals surface area contributed by atoms with Gasteiger partial charge in [-0.05, 0) is 51.6 Å². The van der Waals surface area contributed by atoms with Crippen molar-refractivity contribution in [3.05, 3.63) is 51.5 Å². The Labute approximate surface area is 132 Å². The van der Waals surface area contributed by atoms with Crippen LogP contribution in [0, 0.1) is 13.8 Å². The van der Waals surface area contributed by atoms with Gasteiger partial charge in [0.1, 0.15) is 0 Å². The predicted octanol–water partition coefficient (Wildman–Crippen LogP) is 4.82. The third-order valence-corrected chi connectivity index (χ3v) is 4.88. The molecule has 0 fully saturated rings. The lowest BCUT2D eigenvalue weighted by molar-refractivity contribution is 0.488. The molecule has 1 N–H and O–H groups in total. The molecule has 2 nitrogen and oxygen atoms in total. The highest BCUT2D eigenvalue weighted by molar-refractivity contribution is 7.11. The first-order valence-electron chi connectivity index (χ1n) is 7.92. The van der Waals surface area contributed by atoms with E-state index in [1.165, 1.54) is 40.4 Å². The van der Waals surface area contributed by atoms with E-state index < -0.39 is 0 Å². The first kappa shape index (κ1) is 16.2. The highest BCUT2D eigenvalue weighted by atomic mass is 32.1. The van der Waals surface area contributed by atoms with E-state index in [2.05, 4.69) is 61.4 Å². The maximum absolute atomic E-state index is 4.58. The predicted molar refractivity (Wildman–Crippen MR) is 92.0 cm³/mol. The van der Waals surface area contributed by atoms with Crippen molar-refractivity contribution in [1.82, 2.24) is 10.3 Å². The Kier molecular flexibility index (Phi) is 6.40. The Morgan fingerprint density at radius 2 is 1.95 bits per heavy atom. The van der Waals surface area contributed by atoms with Gasteiger partial charge in [-0.3, -0.25) is 0 Å². The molecule has 1 aromatic carbocycles. The Hall–Kier alpha value is -1.19. The molecule has 0 saturated carbocycles. The van der Waals surface area contributed by atoms with Gasteiger partial charge < -0.3 is 5.32 Å². The van der Waals surface area contributed by atoms with Gasteiger partial charge in [0.2, 0.25) is 0 Å². The van der Waals surface area contributed by atoms with Gasteiger partial charge in [-0.15, -0.1) is 11.3 Å². The van der Waals surface area contributed by atoms with Crippen molar-refractivity contribution >= 4 is 11.3 Å². The zero-order chi connectivity index (χ0) is 15.1. The molecule has 114 valence electrons. The number of thiazole rings is 1. The van der Waals surface area contributed by atoms with E-state index in [0.29, 0.717) is 6.04 Å². The minimum atomic E-state index is 0.458. The van der Waals surface area contributed by atoms with Crippen LogP contribution in [0.3, 0.4) is 0 Å². The molecule has 0 aliphatic carbocycles. The summed E-state index contributed by atoms with van der Waals surface area (Å²) in [5, 5.41) is 4.87. The Morgan fingerprint density at radius 3 is 2.57 bits per heavy atom. The van der Waals surface area contributed by atoms with Crippen molar-refractivity contribution in [2.45, 2.75) is 52.5 Å². The lowest BCUT2D eigenvalue weighted by Crippen LogP contribution is -2.22. The average Bonchev–Trinajstić information content (AvgIpc) is 2.82. The van der Waals surface area contributed by atoms with Crippen molar-refractivity contribution in [3.8, 4) is 0 Å². The van der Waals surface area contributed by atoms with E-state index >= 15 is 0 Å². The highest BCUT2D eigenvalue weighted by Crippen LogP contribution is 2.28. The smallest absolute Gasteiger partial charge is 0.0900 e. The summed E-state index contributed by atoms with van der Waals surface area (Å²) in [5.41, 5.74) is 2.63. The summed E-state index contributed by atoms with van der Waals surface area (Å²) in [6.45, 7) is 7.53. The molecule has 1 heterocycles. The zero-order valence-corrected chi connectivity index (χ0v) is 14.2. The zero-order valence-electron chi connectivity index (χ0n) is 13.4. The van der Waals surface area contributed by atoms with Crippen LogP contribution in [0.2, 0.25) is 0 Å². The number of aromatic nitrogens is 1. The van der Waals surface area contributed by atoms with Gasteiger partial charge in [0.15, 0.2) is 0 Å². The molecule has 0 radical (unpaired) electrons. The molecule has 0 bridgehead atoms. The fourth-order valence-corrected chi connectivity index (χ4v) is 3.71. The summed E-state index contributed by atoms with van der Waals surface area (Å²) in [6, 6.07) is 11.2. The summed E-state index contributed by atoms with van der Waals surface area (Å²) < 4.78 is 0. The first-order chi connectivity index (χ1) is 10.2. The topological polar surface area (TPSA) is 24.9 Å². The number of nitrogens with one attached hydrogen (secondary N) is 1. The van der Waals surface area contributed by atoms with Crippen LogP contribution in [0.5, 0.6) is 0 Å². The molecule has 1 atom stereocenters. The maximum atomic E-state index is 4.58. The summed E-state index contributed by atoms with van der Waals surface area (Å²) in [7, 11) is 0. The number of nitrogens with zero attached hydrogens (tertiary/aromatic N) is 1. The Morgan fingerprint density at radius 1 is 1.19 bits per heavy atom. The molecular weight excluding hydrogens is 276 g/mol. The lowest BCUT2D eigenvalue weighted by Gasteiger charge is -2.17. The van der Waals surface area contributed by atoms with Crippen molar-refractivity contribution < 1.29 is 0 Å². The maximum Gasteiger partial charge on any atom is 0.0900 e. The second-order valence-corrected chi connectivity index (χ2v) is 6.80. The Bertz CT molecular complexity index is 533. The number of hydrogen-bond acceptors (Lipinski definition) is 3. The van der Waals surface area contributed by atoms with Crippen molar-refractivity contribution in [3.63, 3.8) is 0 Å². The molecule has 0 spiro atoms. The molecule has 2 aromatic rings. The van der Waals surface area contributed by atoms with E-state index in [1.807, 2.05) is 11.3 Å². The van der Waals surface area contributed by atoms with Crippen molar-refractivity contribution in [2.24, 2.45) is 0 Å². The molecule has 3 heteroatoms. The van der Waals surface area contributed by atoms with Gasteiger partial charge in [-0.1, -0.05) is 37.3 Å². The number of hydrogen-bond donors (Lipinski definition) is 1. The van der Waals surface area contributed by atoms with Gasteiger partial charge in [-0.25, -0.2) is 4.98 Å². The molecule has 21 heavy (non-hydrogen) atoms. The molecular formula is C18H26N2S. The van der Waals surface area contributed by atoms with E-state index in [9.17, 15) is 0 Å². The van der Waals surface area contributed by atoms with Gasteiger partial charge in [-0.2, -0.15) is 0 Å². The summed E-state index contributed by atoms with van der Waals surface area (Å²) >= 11 is 1.85. The molecule has 2 rings (SSSR count). The van der Waals surface area contributed by atoms with E-state index in [-0.39, 0.29) is 0 Å². The number of benzene rings is 1. The van der Waals surface area contributed by atoms with Crippen LogP contribution in [0.15, 0.2) is 30.3 Å². The minimum absolute atomic E-state index is 0.458. The highest BCUT2D eigenvalue weighted by Gasteiger charge is 2.16. The van der Waals surface area contributed by atoms with Crippen LogP contribution in [0.4, 0.5) is 0 Å². The second-order valence-electron chi connectivity index (χ2n) is 5.57. The fraction of sp³-hybridized carbons (Fsp3) is 0.500. The quantitative estimate of drug-likeness (QED) is 0.756. The summed E-state index contributed by atoms with van der Waals surface area (Å²) in [6.07, 6.45) is 4.72. The fourth-order valence-electron chi connectivity index (χ4n) is 2.67. The first-order valence-corrected chi connectivity index (χ1v) is 8.73. The van der Waals surface area contributed by atoms with Crippen LogP contribution in [-0.4, -0.2) is 11.5 Å². The minimum Gasteiger partial charge on any atom is -0.309 e. The van der Waals surface area contributed by atoms with Gasteiger partial charge >= 0.3 is 0 Å². The normalized spacial score (nSPS) is 12.5. The molecule has 1 unspecified atom stereocenters. The molecule has 0 aliphatic rings. The summed E-state index contributed by atoms with van der Waals surface area (Å²) in [4.78, 5) is 6.01. The number of aryl methyl sites for hydroxylation is 3. The van der Waals surface area contributed by atoms with Gasteiger partial charge in [0, 0.05) is 10.9 Å². The summed E-state index contributed by atoms with van der Waals surface area (Å²) in [5.74, 6) is 0. The van der Waals surface area contributed by atoms with Gasteiger partial charge in [0.05, 0.1) is 10.7 Å². The molecule has 1 aromatic heterocycles. The SMILES string of the molecule is CCCNC(CCCc1ccccc1)c1sc(C)nc1C. The van der Waals surface area contributed by atoms with Gasteiger partial charge in [0.25, 0.3) is 0 Å². The third-order valence-electron chi connectivity index (χ3n) is 3.70. The van der Waals surface area contributed by atoms with Crippen molar-refractivity contribution in [1.29, 1.82) is 0 Å². The lowest BCUT2D eigenvalue weighted by atomic mass is 10.0. The van der Waals surface area contributed by atoms with Crippen LogP contribution in [0.25, 0.3) is 0 Å². The van der Waals surface area contributed by atoms with E-state index in [4.69, 9.17) is 0 Å². The third kappa shape index (κ3) is 4.94. The van der Waals surface area contributed by atoms with Crippen molar-refractivity contribution in [2.75, 3.05) is 6.54 Å². The molecule has 0 saturated heterocycles. The standard InChI is InChI=1S/C18H26N2S/c1-4-13-19-17(18-14(2)20-15(3)21-18)12-8-11-16-9-6-5-7-10-16/h5-7,9-10,17,19H,4,8,11-13H2,1-3H3. The van der Waals surface area contributed by atoms with E-state index in [0.717, 1.165) is 13.0 Å². The largest absolute Gasteiger partial charge is 0.309 e. The van der Waals surface area contributed by atoms with Crippen LogP contribution in [-0.2, 0) is 6.42 Å². The second kappa shape index (κ2) is 8.30. The Balaban J connectivity index is 1.95. The van der Waals surface area contributed by atoms with E-state index in [1.54, 1.807) is 0 Å². The number of rotatable bonds is 8. The average molecular weight is 302 g/mol. The van der Waals surface area contributed by atoms with Crippen LogP contribution in [0.1, 0.15) is 53.4 Å². The molecule has 0 amide bonds. The monoisotopic (exact) mass is 302 g/mol. The molecule has 0 aliphatic heterocycles.